The van der Waals surface area contributed by atoms with Gasteiger partial charge < -0.3 is 17.7 Å². The number of hydrogen-bond donors (Lipinski definition) is 0. The molecule has 0 aliphatic carbocycles. The Bertz CT molecular complexity index is 113. The van der Waals surface area contributed by atoms with Gasteiger partial charge in [0, 0.05) is 33.8 Å². The quantitative estimate of drug-likeness (QED) is 0.358. The largest absolute Gasteiger partial charge is 0.678 e. The summed E-state index contributed by atoms with van der Waals surface area (Å²) in [6.45, 7) is 0.550. The van der Waals surface area contributed by atoms with Crippen molar-refractivity contribution in [1.29, 1.82) is 0 Å². The van der Waals surface area contributed by atoms with Gasteiger partial charge in [-0.25, -0.2) is 0 Å². The Morgan fingerprint density at radius 1 is 1.00 bits per heavy atom. The second-order valence-corrected chi connectivity index (χ2v) is 5.25. The molecule has 0 aliphatic rings. The number of alkyl halides is 1. The molecule has 0 saturated heterocycles. The van der Waals surface area contributed by atoms with E-state index in [-0.39, 0.29) is 0 Å². The average Bonchev–Trinajstić information content (AvgIpc) is 2.20. The van der Waals surface area contributed by atoms with Crippen LogP contribution in [0.3, 0.4) is 0 Å². The van der Waals surface area contributed by atoms with Crippen molar-refractivity contribution in [2.24, 2.45) is 0 Å². The first-order valence-corrected chi connectivity index (χ1v) is 6.26. The molecular weight excluding hydrogens is 212 g/mol. The summed E-state index contributed by atoms with van der Waals surface area (Å²) < 4.78 is 20.6. The smallest absolute Gasteiger partial charge is 0.355 e. The first kappa shape index (κ1) is 13.3. The highest BCUT2D eigenvalue weighted by atomic mass is 35.5. The fourth-order valence-corrected chi connectivity index (χ4v) is 2.26. The minimum atomic E-state index is -2.81. The molecule has 0 heterocycles. The molecule has 0 saturated carbocycles. The maximum atomic E-state index is 5.52. The molecule has 0 N–H and O–H groups in total. The van der Waals surface area contributed by atoms with Crippen LogP contribution in [0, 0.1) is 0 Å². The van der Waals surface area contributed by atoms with Crippen LogP contribution in [0.2, 0.25) is 0 Å². The number of rotatable bonds is 8. The van der Waals surface area contributed by atoms with Crippen molar-refractivity contribution in [1.82, 2.24) is 0 Å². The Labute approximate surface area is 85.6 Å². The van der Waals surface area contributed by atoms with E-state index in [0.29, 0.717) is 12.5 Å². The first-order valence-electron chi connectivity index (χ1n) is 4.10. The monoisotopic (exact) mass is 228 g/mol. The highest BCUT2D eigenvalue weighted by Crippen LogP contribution is 2.08. The molecule has 0 aliphatic heterocycles. The highest BCUT2D eigenvalue weighted by molar-refractivity contribution is 6.53. The summed E-state index contributed by atoms with van der Waals surface area (Å²) in [4.78, 5) is 0. The average molecular weight is 229 g/mol. The second kappa shape index (κ2) is 7.72. The van der Waals surface area contributed by atoms with Crippen molar-refractivity contribution >= 4 is 20.6 Å². The third-order valence-corrected chi connectivity index (χ3v) is 3.88. The molecule has 0 atom stereocenters. The van der Waals surface area contributed by atoms with E-state index in [9.17, 15) is 0 Å². The molecule has 0 amide bonds. The molecule has 0 aromatic heterocycles. The number of hydrogen-bond acceptors (Lipinski definition) is 4. The maximum Gasteiger partial charge on any atom is 0.678 e. The minimum Gasteiger partial charge on any atom is -0.355 e. The van der Waals surface area contributed by atoms with Crippen LogP contribution in [0.1, 0.15) is 12.8 Å². The van der Waals surface area contributed by atoms with E-state index in [1.54, 1.807) is 0 Å². The summed E-state index contributed by atoms with van der Waals surface area (Å²) in [7, 11) is 1.73. The third-order valence-electron chi connectivity index (χ3n) is 1.56. The molecule has 6 heteroatoms. The summed E-state index contributed by atoms with van der Waals surface area (Å²) in [5, 5.41) is 0. The summed E-state index contributed by atoms with van der Waals surface area (Å²) in [6, 6.07) is 0. The highest BCUT2D eigenvalue weighted by Gasteiger charge is 2.41. The molecule has 0 radical (unpaired) electrons. The molecule has 0 rings (SSSR count). The van der Waals surface area contributed by atoms with Gasteiger partial charge in [-0.15, -0.1) is 11.6 Å². The lowest BCUT2D eigenvalue weighted by atomic mass is 10.4. The van der Waals surface area contributed by atoms with Crippen molar-refractivity contribution in [2.45, 2.75) is 12.8 Å². The van der Waals surface area contributed by atoms with Crippen LogP contribution in [0.5, 0.6) is 0 Å². The summed E-state index contributed by atoms with van der Waals surface area (Å²) >= 11 is 5.52. The van der Waals surface area contributed by atoms with Crippen molar-refractivity contribution in [3.05, 3.63) is 0 Å². The van der Waals surface area contributed by atoms with Crippen molar-refractivity contribution in [2.75, 3.05) is 33.8 Å². The van der Waals surface area contributed by atoms with Gasteiger partial charge >= 0.3 is 9.05 Å². The molecule has 0 aromatic carbocycles. The number of unbranched alkanes of at least 4 members (excludes halogenated alkanes) is 1. The molecule has 0 aromatic rings. The molecule has 13 heavy (non-hydrogen) atoms. The zero-order chi connectivity index (χ0) is 10.2. The summed E-state index contributed by atoms with van der Waals surface area (Å²) in [5.74, 6) is 0.644. The topological polar surface area (TPSA) is 36.9 Å². The predicted octanol–water partition coefficient (Wildman–Crippen LogP) is 1.40. The molecule has 80 valence electrons. The molecule has 4 nitrogen and oxygen atoms in total. The van der Waals surface area contributed by atoms with Gasteiger partial charge in [-0.2, -0.15) is 0 Å². The lowest BCUT2D eigenvalue weighted by Gasteiger charge is -2.22. The van der Waals surface area contributed by atoms with Gasteiger partial charge in [0.25, 0.3) is 0 Å². The van der Waals surface area contributed by atoms with Gasteiger partial charge in [-0.05, 0) is 12.8 Å². The zero-order valence-electron chi connectivity index (χ0n) is 8.34. The van der Waals surface area contributed by atoms with E-state index in [0.717, 1.165) is 12.8 Å². The fraction of sp³-hybridized carbons (Fsp3) is 1.00. The standard InChI is InChI=1S/C7H17ClO4Si/c1-9-13(10-2,11-3)12-7-5-4-6-8/h4-7H2,1-3H3. The third kappa shape index (κ3) is 4.95. The van der Waals surface area contributed by atoms with Gasteiger partial charge in [-0.1, -0.05) is 0 Å². The lowest BCUT2D eigenvalue weighted by Crippen LogP contribution is -2.46. The van der Waals surface area contributed by atoms with Crippen molar-refractivity contribution in [3.63, 3.8) is 0 Å². The Balaban J connectivity index is 3.68. The summed E-state index contributed by atoms with van der Waals surface area (Å²) in [5.41, 5.74) is 0. The van der Waals surface area contributed by atoms with Crippen molar-refractivity contribution < 1.29 is 17.7 Å². The normalized spacial score (nSPS) is 12.0. The van der Waals surface area contributed by atoms with Gasteiger partial charge in [0.2, 0.25) is 0 Å². The zero-order valence-corrected chi connectivity index (χ0v) is 10.1. The van der Waals surface area contributed by atoms with E-state index in [4.69, 9.17) is 29.3 Å². The van der Waals surface area contributed by atoms with E-state index in [1.807, 2.05) is 0 Å². The van der Waals surface area contributed by atoms with Crippen molar-refractivity contribution in [3.8, 4) is 0 Å². The molecule has 0 unspecified atom stereocenters. The molecule has 0 bridgehead atoms. The Morgan fingerprint density at radius 3 is 1.92 bits per heavy atom. The second-order valence-electron chi connectivity index (χ2n) is 2.36. The Hall–Kier alpha value is 0.347. The van der Waals surface area contributed by atoms with E-state index < -0.39 is 9.05 Å². The molecular formula is C7H17ClO4Si. The summed E-state index contributed by atoms with van der Waals surface area (Å²) in [6.07, 6.45) is 1.80. The Kier molecular flexibility index (Phi) is 7.93. The SMILES string of the molecule is CO[Si](OC)(OC)OCCCCCl. The number of halogens is 1. The Morgan fingerprint density at radius 2 is 1.54 bits per heavy atom. The minimum absolute atomic E-state index is 0.550. The molecule has 0 fully saturated rings. The van der Waals surface area contributed by atoms with Gasteiger partial charge in [0.1, 0.15) is 0 Å². The molecule has 0 spiro atoms. The van der Waals surface area contributed by atoms with Crippen LogP contribution in [0.25, 0.3) is 0 Å². The van der Waals surface area contributed by atoms with Gasteiger partial charge in [-0.3, -0.25) is 0 Å². The van der Waals surface area contributed by atoms with Crippen LogP contribution >= 0.6 is 11.6 Å². The van der Waals surface area contributed by atoms with Crippen LogP contribution in [-0.2, 0) is 17.7 Å². The van der Waals surface area contributed by atoms with E-state index in [2.05, 4.69) is 0 Å². The predicted molar refractivity (Wildman–Crippen MR) is 52.7 cm³/mol. The fourth-order valence-electron chi connectivity index (χ4n) is 0.820. The first-order chi connectivity index (χ1) is 6.24. The van der Waals surface area contributed by atoms with Crippen LogP contribution in [-0.4, -0.2) is 42.9 Å². The van der Waals surface area contributed by atoms with E-state index >= 15 is 0 Å². The van der Waals surface area contributed by atoms with Gasteiger partial charge in [0.05, 0.1) is 0 Å². The van der Waals surface area contributed by atoms with Crippen LogP contribution < -0.4 is 0 Å². The van der Waals surface area contributed by atoms with Crippen LogP contribution in [0.15, 0.2) is 0 Å². The lowest BCUT2D eigenvalue weighted by molar-refractivity contribution is 0.00534. The maximum absolute atomic E-state index is 5.52. The van der Waals surface area contributed by atoms with Gasteiger partial charge in [0.15, 0.2) is 0 Å². The van der Waals surface area contributed by atoms with E-state index in [1.165, 1.54) is 21.3 Å². The van der Waals surface area contributed by atoms with Crippen LogP contribution in [0.4, 0.5) is 0 Å².